The highest BCUT2D eigenvalue weighted by Crippen LogP contribution is 2.25. The fourth-order valence-electron chi connectivity index (χ4n) is 3.59. The van der Waals surface area contributed by atoms with Crippen LogP contribution in [0.1, 0.15) is 12.8 Å². The molecule has 0 aliphatic carbocycles. The molecule has 1 fully saturated rings. The molecule has 0 atom stereocenters. The van der Waals surface area contributed by atoms with Crippen molar-refractivity contribution >= 4 is 32.3 Å². The normalized spacial score (nSPS) is 16.0. The maximum atomic E-state index is 12.7. The lowest BCUT2D eigenvalue weighted by Gasteiger charge is -2.29. The van der Waals surface area contributed by atoms with Crippen LogP contribution < -0.4 is 10.3 Å². The maximum absolute atomic E-state index is 12.7. The number of nitrogens with zero attached hydrogens (tertiary/aromatic N) is 3. The van der Waals surface area contributed by atoms with E-state index < -0.39 is 0 Å². The number of ether oxygens (including phenoxy) is 1. The van der Waals surface area contributed by atoms with E-state index in [0.29, 0.717) is 22.4 Å². The quantitative estimate of drug-likeness (QED) is 0.576. The van der Waals surface area contributed by atoms with Crippen LogP contribution in [0.4, 0.5) is 0 Å². The fraction of sp³-hybridized carbons (Fsp3) is 0.286. The smallest absolute Gasteiger partial charge is 0.259 e. The van der Waals surface area contributed by atoms with Crippen LogP contribution >= 0.6 is 11.3 Å². The Bertz CT molecular complexity index is 1210. The number of pyridine rings is 1. The number of rotatable bonds is 3. The zero-order valence-corrected chi connectivity index (χ0v) is 16.3. The lowest BCUT2D eigenvalue weighted by molar-refractivity contribution is 0.114. The van der Waals surface area contributed by atoms with E-state index in [0.717, 1.165) is 41.8 Å². The van der Waals surface area contributed by atoms with Gasteiger partial charge in [0.1, 0.15) is 17.5 Å². The summed E-state index contributed by atoms with van der Waals surface area (Å²) >= 11 is 1.64. The van der Waals surface area contributed by atoms with E-state index in [9.17, 15) is 4.79 Å². The molecule has 3 aromatic heterocycles. The molecule has 7 heteroatoms. The summed E-state index contributed by atoms with van der Waals surface area (Å²) in [6.07, 6.45) is 4.00. The van der Waals surface area contributed by atoms with Crippen LogP contribution in [0.2, 0.25) is 0 Å². The molecule has 4 heterocycles. The first-order valence-corrected chi connectivity index (χ1v) is 10.3. The highest BCUT2D eigenvalue weighted by atomic mass is 32.1. The highest BCUT2D eigenvalue weighted by Gasteiger charge is 2.18. The number of aromatic amines is 1. The summed E-state index contributed by atoms with van der Waals surface area (Å²) in [5.74, 6) is 1.21. The first kappa shape index (κ1) is 17.3. The van der Waals surface area contributed by atoms with E-state index in [2.05, 4.69) is 26.9 Å². The average Bonchev–Trinajstić information content (AvgIpc) is 3.18. The number of fused-ring (bicyclic) bond motifs is 2. The molecule has 0 amide bonds. The van der Waals surface area contributed by atoms with Crippen molar-refractivity contribution < 1.29 is 4.74 Å². The van der Waals surface area contributed by atoms with Crippen LogP contribution in [0.15, 0.2) is 46.7 Å². The topological polar surface area (TPSA) is 71.1 Å². The summed E-state index contributed by atoms with van der Waals surface area (Å²) < 4.78 is 7.22. The Morgan fingerprint density at radius 3 is 2.93 bits per heavy atom. The molecule has 1 N–H and O–H groups in total. The molecule has 1 aliphatic heterocycles. The van der Waals surface area contributed by atoms with Gasteiger partial charge in [-0.2, -0.15) is 0 Å². The van der Waals surface area contributed by atoms with E-state index in [4.69, 9.17) is 4.74 Å². The van der Waals surface area contributed by atoms with E-state index in [1.54, 1.807) is 17.4 Å². The van der Waals surface area contributed by atoms with Gasteiger partial charge in [-0.15, -0.1) is 11.3 Å². The minimum atomic E-state index is -0.179. The number of thiophene rings is 1. The molecule has 6 nitrogen and oxygen atoms in total. The van der Waals surface area contributed by atoms with Crippen molar-refractivity contribution in [2.75, 3.05) is 20.1 Å². The second-order valence-corrected chi connectivity index (χ2v) is 8.19. The molecule has 5 rings (SSSR count). The average molecular weight is 392 g/mol. The first-order chi connectivity index (χ1) is 13.7. The SMILES string of the molecule is CN1CCC(Oc2ccc3nc(-c4cc5sccc5cn4)[nH]c(=O)c3c2)CC1. The monoisotopic (exact) mass is 392 g/mol. The molecule has 0 radical (unpaired) electrons. The molecule has 1 saturated heterocycles. The lowest BCUT2D eigenvalue weighted by Crippen LogP contribution is -2.35. The fourth-order valence-corrected chi connectivity index (χ4v) is 4.39. The summed E-state index contributed by atoms with van der Waals surface area (Å²) in [4.78, 5) is 26.9. The Balaban J connectivity index is 1.47. The molecular formula is C21H20N4O2S. The van der Waals surface area contributed by atoms with Gasteiger partial charge in [-0.3, -0.25) is 9.78 Å². The maximum Gasteiger partial charge on any atom is 0.259 e. The number of hydrogen-bond acceptors (Lipinski definition) is 6. The van der Waals surface area contributed by atoms with Gasteiger partial charge in [0.2, 0.25) is 0 Å². The third-order valence-electron chi connectivity index (χ3n) is 5.23. The van der Waals surface area contributed by atoms with Crippen molar-refractivity contribution in [1.29, 1.82) is 0 Å². The van der Waals surface area contributed by atoms with Crippen molar-refractivity contribution in [2.24, 2.45) is 0 Å². The second-order valence-electron chi connectivity index (χ2n) is 7.24. The number of aromatic nitrogens is 3. The summed E-state index contributed by atoms with van der Waals surface area (Å²) in [7, 11) is 2.13. The van der Waals surface area contributed by atoms with Gasteiger partial charge in [0.05, 0.1) is 10.9 Å². The molecule has 1 aliphatic rings. The van der Waals surface area contributed by atoms with Crippen LogP contribution in [0, 0.1) is 0 Å². The molecule has 4 aromatic rings. The van der Waals surface area contributed by atoms with Gasteiger partial charge in [0.15, 0.2) is 5.82 Å². The van der Waals surface area contributed by atoms with Crippen molar-refractivity contribution in [2.45, 2.75) is 18.9 Å². The number of hydrogen-bond donors (Lipinski definition) is 1. The van der Waals surface area contributed by atoms with Gasteiger partial charge in [0, 0.05) is 29.4 Å². The van der Waals surface area contributed by atoms with Gasteiger partial charge in [-0.1, -0.05) is 0 Å². The Hall–Kier alpha value is -2.77. The predicted octanol–water partition coefficient (Wildman–Crippen LogP) is 3.67. The Labute approximate surface area is 165 Å². The zero-order valence-electron chi connectivity index (χ0n) is 15.5. The first-order valence-electron chi connectivity index (χ1n) is 9.39. The number of H-pyrrole nitrogens is 1. The predicted molar refractivity (Wildman–Crippen MR) is 112 cm³/mol. The minimum Gasteiger partial charge on any atom is -0.490 e. The Kier molecular flexibility index (Phi) is 4.33. The minimum absolute atomic E-state index is 0.179. The molecule has 0 bridgehead atoms. The van der Waals surface area contributed by atoms with Crippen LogP contribution in [-0.4, -0.2) is 46.1 Å². The molecule has 142 valence electrons. The molecule has 28 heavy (non-hydrogen) atoms. The van der Waals surface area contributed by atoms with Gasteiger partial charge < -0.3 is 14.6 Å². The van der Waals surface area contributed by atoms with Crippen LogP contribution in [0.25, 0.3) is 32.5 Å². The third kappa shape index (κ3) is 3.27. The second kappa shape index (κ2) is 7.00. The number of likely N-dealkylation sites (tertiary alicyclic amines) is 1. The summed E-state index contributed by atoms with van der Waals surface area (Å²) in [6, 6.07) is 9.52. The zero-order chi connectivity index (χ0) is 19.1. The highest BCUT2D eigenvalue weighted by molar-refractivity contribution is 7.17. The van der Waals surface area contributed by atoms with Gasteiger partial charge >= 0.3 is 0 Å². The molecule has 0 saturated carbocycles. The van der Waals surface area contributed by atoms with E-state index in [1.165, 1.54) is 0 Å². The largest absolute Gasteiger partial charge is 0.490 e. The molecular weight excluding hydrogens is 372 g/mol. The molecule has 0 unspecified atom stereocenters. The standard InChI is InChI=1S/C21H20N4O2S/c1-25-7-4-14(5-8-25)27-15-2-3-17-16(10-15)21(26)24-20(23-17)18-11-19-13(12-22-18)6-9-28-19/h2-3,6,9-12,14H,4-5,7-8H2,1H3,(H,23,24,26). The molecule has 0 spiro atoms. The van der Waals surface area contributed by atoms with Crippen molar-refractivity contribution in [1.82, 2.24) is 19.9 Å². The van der Waals surface area contributed by atoms with E-state index in [-0.39, 0.29) is 11.7 Å². The Morgan fingerprint density at radius 1 is 1.21 bits per heavy atom. The van der Waals surface area contributed by atoms with Crippen molar-refractivity contribution in [3.05, 3.63) is 52.3 Å². The molecule has 1 aromatic carbocycles. The van der Waals surface area contributed by atoms with Crippen LogP contribution in [0.5, 0.6) is 5.75 Å². The number of piperidine rings is 1. The summed E-state index contributed by atoms with van der Waals surface area (Å²) in [5, 5.41) is 3.65. The summed E-state index contributed by atoms with van der Waals surface area (Å²) in [5.41, 5.74) is 1.13. The number of nitrogens with one attached hydrogen (secondary N) is 1. The van der Waals surface area contributed by atoms with Crippen LogP contribution in [-0.2, 0) is 0 Å². The van der Waals surface area contributed by atoms with Gasteiger partial charge in [0.25, 0.3) is 5.56 Å². The Morgan fingerprint density at radius 2 is 2.07 bits per heavy atom. The third-order valence-corrected chi connectivity index (χ3v) is 6.11. The summed E-state index contributed by atoms with van der Waals surface area (Å²) in [6.45, 7) is 2.07. The van der Waals surface area contributed by atoms with Crippen LogP contribution in [0.3, 0.4) is 0 Å². The van der Waals surface area contributed by atoms with Gasteiger partial charge in [-0.05, 0) is 55.6 Å². The van der Waals surface area contributed by atoms with E-state index >= 15 is 0 Å². The van der Waals surface area contributed by atoms with Gasteiger partial charge in [-0.25, -0.2) is 4.98 Å². The lowest BCUT2D eigenvalue weighted by atomic mass is 10.1. The van der Waals surface area contributed by atoms with E-state index in [1.807, 2.05) is 35.8 Å². The van der Waals surface area contributed by atoms with Crippen molar-refractivity contribution in [3.63, 3.8) is 0 Å². The van der Waals surface area contributed by atoms with Crippen molar-refractivity contribution in [3.8, 4) is 17.3 Å². The number of benzene rings is 1.